The van der Waals surface area contributed by atoms with E-state index in [2.05, 4.69) is 21.0 Å². The number of carbonyl (C=O) groups is 1. The van der Waals surface area contributed by atoms with E-state index in [1.807, 2.05) is 22.4 Å². The molecule has 0 atom stereocenters. The molecule has 0 radical (unpaired) electrons. The van der Waals surface area contributed by atoms with Gasteiger partial charge in [0.05, 0.1) is 10.2 Å². The third-order valence-corrected chi connectivity index (χ3v) is 3.31. The number of rotatable bonds is 4. The van der Waals surface area contributed by atoms with Crippen molar-refractivity contribution < 1.29 is 9.90 Å². The van der Waals surface area contributed by atoms with E-state index in [0.29, 0.717) is 12.1 Å². The zero-order chi connectivity index (χ0) is 12.4. The number of aromatic carboxylic acids is 1. The molecule has 0 aliphatic rings. The molecule has 1 N–H and O–H groups in total. The highest BCUT2D eigenvalue weighted by atomic mass is 79.9. The molecule has 2 aromatic heterocycles. The lowest BCUT2D eigenvalue weighted by Gasteiger charge is -2.05. The molecule has 0 saturated heterocycles. The maximum absolute atomic E-state index is 10.8. The fourth-order valence-electron chi connectivity index (χ4n) is 1.65. The summed E-state index contributed by atoms with van der Waals surface area (Å²) in [6, 6.07) is 3.56. The molecule has 0 amide bonds. The molecule has 0 aliphatic heterocycles. The van der Waals surface area contributed by atoms with Crippen LogP contribution in [0, 0.1) is 0 Å². The molecule has 0 spiro atoms. The minimum Gasteiger partial charge on any atom is -0.478 e. The third kappa shape index (κ3) is 2.58. The second-order valence-electron chi connectivity index (χ2n) is 3.75. The molecule has 2 aromatic rings. The standard InChI is InChI=1S/C11H12BrN3O2/c1-14-9(2-4-13-14)3-5-15-7-8(11(16)17)6-10(15)12/h2,4,6-7H,3,5H2,1H3,(H,16,17). The van der Waals surface area contributed by atoms with Crippen molar-refractivity contribution in [2.24, 2.45) is 7.05 Å². The van der Waals surface area contributed by atoms with Gasteiger partial charge in [-0.05, 0) is 28.1 Å². The van der Waals surface area contributed by atoms with Gasteiger partial charge in [0, 0.05) is 38.1 Å². The number of carboxylic acids is 1. The SMILES string of the molecule is Cn1nccc1CCn1cc(C(=O)O)cc1Br. The third-order valence-electron chi connectivity index (χ3n) is 2.62. The Labute approximate surface area is 107 Å². The topological polar surface area (TPSA) is 60.0 Å². The molecule has 6 heteroatoms. The first-order valence-corrected chi connectivity index (χ1v) is 5.93. The van der Waals surface area contributed by atoms with Gasteiger partial charge in [-0.15, -0.1) is 0 Å². The number of aryl methyl sites for hydroxylation is 3. The highest BCUT2D eigenvalue weighted by Crippen LogP contribution is 2.16. The Balaban J connectivity index is 2.09. The van der Waals surface area contributed by atoms with Gasteiger partial charge < -0.3 is 9.67 Å². The molecule has 0 saturated carbocycles. The quantitative estimate of drug-likeness (QED) is 0.938. The summed E-state index contributed by atoms with van der Waals surface area (Å²) < 4.78 is 4.46. The summed E-state index contributed by atoms with van der Waals surface area (Å²) in [4.78, 5) is 10.8. The van der Waals surface area contributed by atoms with Crippen LogP contribution in [0.2, 0.25) is 0 Å². The van der Waals surface area contributed by atoms with Gasteiger partial charge in [-0.3, -0.25) is 4.68 Å². The van der Waals surface area contributed by atoms with Gasteiger partial charge in [-0.1, -0.05) is 0 Å². The minimum absolute atomic E-state index is 0.293. The van der Waals surface area contributed by atoms with Crippen LogP contribution in [0.15, 0.2) is 29.1 Å². The van der Waals surface area contributed by atoms with Crippen LogP contribution in [-0.2, 0) is 20.0 Å². The van der Waals surface area contributed by atoms with Crippen molar-refractivity contribution in [1.29, 1.82) is 0 Å². The molecule has 0 aliphatic carbocycles. The first-order chi connectivity index (χ1) is 8.08. The van der Waals surface area contributed by atoms with E-state index < -0.39 is 5.97 Å². The Morgan fingerprint density at radius 3 is 2.88 bits per heavy atom. The molecule has 2 heterocycles. The number of aromatic nitrogens is 3. The zero-order valence-corrected chi connectivity index (χ0v) is 10.9. The van der Waals surface area contributed by atoms with E-state index in [9.17, 15) is 4.79 Å². The fourth-order valence-corrected chi connectivity index (χ4v) is 2.17. The van der Waals surface area contributed by atoms with Crippen molar-refractivity contribution >= 4 is 21.9 Å². The van der Waals surface area contributed by atoms with Crippen LogP contribution < -0.4 is 0 Å². The number of hydrogen-bond acceptors (Lipinski definition) is 2. The van der Waals surface area contributed by atoms with Crippen LogP contribution in [0.3, 0.4) is 0 Å². The number of hydrogen-bond donors (Lipinski definition) is 1. The smallest absolute Gasteiger partial charge is 0.337 e. The molecule has 90 valence electrons. The van der Waals surface area contributed by atoms with E-state index in [1.165, 1.54) is 0 Å². The molecule has 17 heavy (non-hydrogen) atoms. The number of halogens is 1. The normalized spacial score (nSPS) is 10.7. The van der Waals surface area contributed by atoms with Gasteiger partial charge in [0.15, 0.2) is 0 Å². The van der Waals surface area contributed by atoms with E-state index in [1.54, 1.807) is 18.5 Å². The summed E-state index contributed by atoms with van der Waals surface area (Å²) in [6.07, 6.45) is 4.19. The largest absolute Gasteiger partial charge is 0.478 e. The first kappa shape index (κ1) is 11.9. The number of carboxylic acid groups (broad SMARTS) is 1. The summed E-state index contributed by atoms with van der Waals surface area (Å²) in [5.41, 5.74) is 1.41. The highest BCUT2D eigenvalue weighted by Gasteiger charge is 2.09. The van der Waals surface area contributed by atoms with Crippen molar-refractivity contribution in [3.05, 3.63) is 40.4 Å². The van der Waals surface area contributed by atoms with Crippen LogP contribution in [0.4, 0.5) is 0 Å². The van der Waals surface area contributed by atoms with Gasteiger partial charge in [0.2, 0.25) is 0 Å². The lowest BCUT2D eigenvalue weighted by atomic mass is 10.3. The fraction of sp³-hybridized carbons (Fsp3) is 0.273. The monoisotopic (exact) mass is 297 g/mol. The molecule has 5 nitrogen and oxygen atoms in total. The van der Waals surface area contributed by atoms with Crippen LogP contribution >= 0.6 is 15.9 Å². The van der Waals surface area contributed by atoms with Crippen molar-refractivity contribution in [3.63, 3.8) is 0 Å². The van der Waals surface area contributed by atoms with Crippen molar-refractivity contribution in [2.75, 3.05) is 0 Å². The Morgan fingerprint density at radius 1 is 1.59 bits per heavy atom. The maximum atomic E-state index is 10.8. The Hall–Kier alpha value is -1.56. The van der Waals surface area contributed by atoms with Crippen molar-refractivity contribution in [1.82, 2.24) is 14.3 Å². The van der Waals surface area contributed by atoms with Gasteiger partial charge in [-0.25, -0.2) is 4.79 Å². The van der Waals surface area contributed by atoms with Crippen LogP contribution in [-0.4, -0.2) is 25.4 Å². The molecular weight excluding hydrogens is 286 g/mol. The zero-order valence-electron chi connectivity index (χ0n) is 9.30. The summed E-state index contributed by atoms with van der Waals surface area (Å²) in [5.74, 6) is -0.912. The van der Waals surface area contributed by atoms with Crippen LogP contribution in [0.1, 0.15) is 16.1 Å². The van der Waals surface area contributed by atoms with E-state index in [-0.39, 0.29) is 0 Å². The Kier molecular flexibility index (Phi) is 3.33. The van der Waals surface area contributed by atoms with Crippen LogP contribution in [0.5, 0.6) is 0 Å². The summed E-state index contributed by atoms with van der Waals surface area (Å²) in [6.45, 7) is 0.716. The lowest BCUT2D eigenvalue weighted by molar-refractivity contribution is 0.0697. The van der Waals surface area contributed by atoms with Crippen molar-refractivity contribution in [2.45, 2.75) is 13.0 Å². The van der Waals surface area contributed by atoms with Gasteiger partial charge in [-0.2, -0.15) is 5.10 Å². The van der Waals surface area contributed by atoms with Crippen molar-refractivity contribution in [3.8, 4) is 0 Å². The van der Waals surface area contributed by atoms with Gasteiger partial charge in [0.25, 0.3) is 0 Å². The maximum Gasteiger partial charge on any atom is 0.337 e. The average Bonchev–Trinajstić information content (AvgIpc) is 2.82. The summed E-state index contributed by atoms with van der Waals surface area (Å²) in [5, 5.41) is 13.0. The summed E-state index contributed by atoms with van der Waals surface area (Å²) in [7, 11) is 1.89. The van der Waals surface area contributed by atoms with Crippen LogP contribution in [0.25, 0.3) is 0 Å². The molecule has 2 rings (SSSR count). The molecule has 0 fully saturated rings. The van der Waals surface area contributed by atoms with Gasteiger partial charge in [0.1, 0.15) is 0 Å². The predicted octanol–water partition coefficient (Wildman–Crippen LogP) is 1.93. The van der Waals surface area contributed by atoms with E-state index >= 15 is 0 Å². The molecule has 0 aromatic carbocycles. The van der Waals surface area contributed by atoms with Gasteiger partial charge >= 0.3 is 5.97 Å². The second kappa shape index (κ2) is 4.75. The Morgan fingerprint density at radius 2 is 2.35 bits per heavy atom. The molecule has 0 unspecified atom stereocenters. The summed E-state index contributed by atoms with van der Waals surface area (Å²) >= 11 is 3.35. The first-order valence-electron chi connectivity index (χ1n) is 5.14. The predicted molar refractivity (Wildman–Crippen MR) is 66.0 cm³/mol. The Bertz CT molecular complexity index is 545. The lowest BCUT2D eigenvalue weighted by Crippen LogP contribution is -2.05. The minimum atomic E-state index is -0.912. The van der Waals surface area contributed by atoms with E-state index in [4.69, 9.17) is 5.11 Å². The second-order valence-corrected chi connectivity index (χ2v) is 4.56. The molecule has 0 bridgehead atoms. The average molecular weight is 298 g/mol. The van der Waals surface area contributed by atoms with E-state index in [0.717, 1.165) is 16.7 Å². The number of nitrogens with zero attached hydrogens (tertiary/aromatic N) is 3. The highest BCUT2D eigenvalue weighted by molar-refractivity contribution is 9.10. The molecular formula is C11H12BrN3O2.